The van der Waals surface area contributed by atoms with Gasteiger partial charge < -0.3 is 9.84 Å². The van der Waals surface area contributed by atoms with E-state index in [1.807, 2.05) is 43.3 Å². The largest absolute Gasteiger partial charge is 0.497 e. The molecule has 94 valence electrons. The first kappa shape index (κ1) is 12.6. The summed E-state index contributed by atoms with van der Waals surface area (Å²) in [5, 5.41) is 9.71. The van der Waals surface area contributed by atoms with Crippen molar-refractivity contribution < 1.29 is 9.84 Å². The van der Waals surface area contributed by atoms with E-state index in [4.69, 9.17) is 4.74 Å². The van der Waals surface area contributed by atoms with Gasteiger partial charge in [-0.15, -0.1) is 0 Å². The number of aromatic nitrogens is 1. The summed E-state index contributed by atoms with van der Waals surface area (Å²) in [6.45, 7) is 1.95. The number of ether oxygens (including phenoxy) is 1. The Balaban J connectivity index is 2.28. The highest BCUT2D eigenvalue weighted by molar-refractivity contribution is 5.61. The van der Waals surface area contributed by atoms with Crippen LogP contribution in [0.5, 0.6) is 5.75 Å². The zero-order valence-corrected chi connectivity index (χ0v) is 10.6. The van der Waals surface area contributed by atoms with E-state index in [-0.39, 0.29) is 0 Å². The van der Waals surface area contributed by atoms with Crippen molar-refractivity contribution in [1.82, 2.24) is 4.98 Å². The molecule has 1 atom stereocenters. The van der Waals surface area contributed by atoms with Crippen molar-refractivity contribution in [2.45, 2.75) is 19.4 Å². The van der Waals surface area contributed by atoms with Crippen molar-refractivity contribution in [1.29, 1.82) is 0 Å². The lowest BCUT2D eigenvalue weighted by atomic mass is 10.1. The van der Waals surface area contributed by atoms with Gasteiger partial charge in [0.05, 0.1) is 18.9 Å². The average molecular weight is 243 g/mol. The van der Waals surface area contributed by atoms with Gasteiger partial charge in [-0.25, -0.2) is 0 Å². The van der Waals surface area contributed by atoms with Crippen LogP contribution in [-0.2, 0) is 0 Å². The van der Waals surface area contributed by atoms with Crippen molar-refractivity contribution in [3.8, 4) is 17.0 Å². The van der Waals surface area contributed by atoms with Crippen LogP contribution in [0.4, 0.5) is 0 Å². The minimum atomic E-state index is -0.433. The number of pyridine rings is 1. The lowest BCUT2D eigenvalue weighted by Gasteiger charge is -2.09. The molecule has 0 saturated heterocycles. The molecule has 3 heteroatoms. The van der Waals surface area contributed by atoms with Crippen molar-refractivity contribution in [2.75, 3.05) is 7.11 Å². The lowest BCUT2D eigenvalue weighted by Crippen LogP contribution is -1.96. The van der Waals surface area contributed by atoms with Gasteiger partial charge in [-0.05, 0) is 30.2 Å². The van der Waals surface area contributed by atoms with Gasteiger partial charge in [0.15, 0.2) is 0 Å². The van der Waals surface area contributed by atoms with E-state index in [0.717, 1.165) is 22.6 Å². The molecule has 0 amide bonds. The topological polar surface area (TPSA) is 42.4 Å². The van der Waals surface area contributed by atoms with E-state index in [2.05, 4.69) is 4.98 Å². The first-order chi connectivity index (χ1) is 8.74. The average Bonchev–Trinajstić information content (AvgIpc) is 2.46. The lowest BCUT2D eigenvalue weighted by molar-refractivity contribution is 0.173. The van der Waals surface area contributed by atoms with Crippen LogP contribution in [0.25, 0.3) is 11.3 Å². The van der Waals surface area contributed by atoms with Crippen molar-refractivity contribution in [2.24, 2.45) is 0 Å². The predicted molar refractivity (Wildman–Crippen MR) is 71.5 cm³/mol. The van der Waals surface area contributed by atoms with E-state index < -0.39 is 6.10 Å². The summed E-state index contributed by atoms with van der Waals surface area (Å²) in [6, 6.07) is 11.6. The molecule has 0 radical (unpaired) electrons. The Labute approximate surface area is 107 Å². The zero-order chi connectivity index (χ0) is 13.0. The molecule has 0 bridgehead atoms. The smallest absolute Gasteiger partial charge is 0.119 e. The van der Waals surface area contributed by atoms with Gasteiger partial charge in [0.1, 0.15) is 5.75 Å². The van der Waals surface area contributed by atoms with Gasteiger partial charge in [-0.3, -0.25) is 4.98 Å². The number of rotatable bonds is 4. The second-order valence-electron chi connectivity index (χ2n) is 4.13. The maximum atomic E-state index is 9.71. The fourth-order valence-corrected chi connectivity index (χ4v) is 1.79. The number of hydrogen-bond acceptors (Lipinski definition) is 3. The number of nitrogens with zero attached hydrogens (tertiary/aromatic N) is 1. The summed E-state index contributed by atoms with van der Waals surface area (Å²) in [7, 11) is 1.65. The molecule has 2 rings (SSSR count). The maximum absolute atomic E-state index is 9.71. The standard InChI is InChI=1S/C15H17NO2/c1-3-15(17)12-7-8-14(16-10-12)11-5-4-6-13(9-11)18-2/h4-10,15,17H,3H2,1-2H3. The summed E-state index contributed by atoms with van der Waals surface area (Å²) in [6.07, 6.45) is 1.99. The molecule has 0 aliphatic carbocycles. The van der Waals surface area contributed by atoms with Gasteiger partial charge in [0.25, 0.3) is 0 Å². The van der Waals surface area contributed by atoms with Crippen LogP contribution < -0.4 is 4.74 Å². The van der Waals surface area contributed by atoms with Crippen molar-refractivity contribution in [3.63, 3.8) is 0 Å². The van der Waals surface area contributed by atoms with E-state index in [1.54, 1.807) is 13.3 Å². The summed E-state index contributed by atoms with van der Waals surface area (Å²) >= 11 is 0. The molecule has 1 aromatic carbocycles. The van der Waals surface area contributed by atoms with Gasteiger partial charge in [-0.1, -0.05) is 25.1 Å². The molecule has 1 unspecified atom stereocenters. The molecular formula is C15H17NO2. The molecule has 18 heavy (non-hydrogen) atoms. The molecule has 0 aliphatic rings. The normalized spacial score (nSPS) is 12.2. The molecule has 3 nitrogen and oxygen atoms in total. The third-order valence-electron chi connectivity index (χ3n) is 2.92. The molecule has 1 N–H and O–H groups in total. The molecule has 0 fully saturated rings. The van der Waals surface area contributed by atoms with Crippen LogP contribution in [-0.4, -0.2) is 17.2 Å². The summed E-state index contributed by atoms with van der Waals surface area (Å²) < 4.78 is 5.19. The van der Waals surface area contributed by atoms with E-state index in [9.17, 15) is 5.11 Å². The molecule has 1 aromatic heterocycles. The fraction of sp³-hybridized carbons (Fsp3) is 0.267. The minimum Gasteiger partial charge on any atom is -0.497 e. The van der Waals surface area contributed by atoms with Crippen LogP contribution >= 0.6 is 0 Å². The highest BCUT2D eigenvalue weighted by atomic mass is 16.5. The summed E-state index contributed by atoms with van der Waals surface area (Å²) in [5.41, 5.74) is 2.73. The molecule has 0 spiro atoms. The molecule has 0 aliphatic heterocycles. The van der Waals surface area contributed by atoms with Crippen molar-refractivity contribution in [3.05, 3.63) is 48.2 Å². The highest BCUT2D eigenvalue weighted by Crippen LogP contribution is 2.23. The fourth-order valence-electron chi connectivity index (χ4n) is 1.79. The Morgan fingerprint density at radius 1 is 1.28 bits per heavy atom. The second kappa shape index (κ2) is 5.65. The van der Waals surface area contributed by atoms with Gasteiger partial charge in [-0.2, -0.15) is 0 Å². The zero-order valence-electron chi connectivity index (χ0n) is 10.6. The predicted octanol–water partition coefficient (Wildman–Crippen LogP) is 3.20. The first-order valence-electron chi connectivity index (χ1n) is 6.03. The number of methoxy groups -OCH3 is 1. The van der Waals surface area contributed by atoms with E-state index in [1.165, 1.54) is 0 Å². The number of benzene rings is 1. The first-order valence-corrected chi connectivity index (χ1v) is 6.03. The van der Waals surface area contributed by atoms with Crippen LogP contribution in [0.1, 0.15) is 25.0 Å². The van der Waals surface area contributed by atoms with Crippen LogP contribution in [0.3, 0.4) is 0 Å². The summed E-state index contributed by atoms with van der Waals surface area (Å²) in [5.74, 6) is 0.812. The third-order valence-corrected chi connectivity index (χ3v) is 2.92. The van der Waals surface area contributed by atoms with Gasteiger partial charge >= 0.3 is 0 Å². The molecule has 2 aromatic rings. The number of hydrogen-bond donors (Lipinski definition) is 1. The Bertz CT molecular complexity index is 508. The van der Waals surface area contributed by atoms with E-state index in [0.29, 0.717) is 6.42 Å². The molecule has 0 saturated carbocycles. The maximum Gasteiger partial charge on any atom is 0.119 e. The monoisotopic (exact) mass is 243 g/mol. The number of aliphatic hydroxyl groups excluding tert-OH is 1. The highest BCUT2D eigenvalue weighted by Gasteiger charge is 2.06. The van der Waals surface area contributed by atoms with Crippen LogP contribution in [0.2, 0.25) is 0 Å². The van der Waals surface area contributed by atoms with Gasteiger partial charge in [0, 0.05) is 11.8 Å². The number of aliphatic hydroxyl groups is 1. The molecular weight excluding hydrogens is 226 g/mol. The quantitative estimate of drug-likeness (QED) is 0.896. The van der Waals surface area contributed by atoms with Gasteiger partial charge in [0.2, 0.25) is 0 Å². The molecule has 1 heterocycles. The summed E-state index contributed by atoms with van der Waals surface area (Å²) in [4.78, 5) is 4.38. The van der Waals surface area contributed by atoms with Crippen LogP contribution in [0, 0.1) is 0 Å². The minimum absolute atomic E-state index is 0.433. The Morgan fingerprint density at radius 2 is 2.11 bits per heavy atom. The van der Waals surface area contributed by atoms with E-state index >= 15 is 0 Å². The van der Waals surface area contributed by atoms with Crippen molar-refractivity contribution >= 4 is 0 Å². The third kappa shape index (κ3) is 2.68. The Kier molecular flexibility index (Phi) is 3.95. The Morgan fingerprint density at radius 3 is 2.72 bits per heavy atom. The second-order valence-corrected chi connectivity index (χ2v) is 4.13. The Hall–Kier alpha value is -1.87. The SMILES string of the molecule is CCC(O)c1ccc(-c2cccc(OC)c2)nc1. The van der Waals surface area contributed by atoms with Crippen LogP contribution in [0.15, 0.2) is 42.6 Å².